The van der Waals surface area contributed by atoms with E-state index in [1.807, 2.05) is 24.4 Å². The minimum absolute atomic E-state index is 0.0818. The number of nitrogens with zero attached hydrogens (tertiary/aromatic N) is 2. The Kier molecular flexibility index (Phi) is 6.33. The van der Waals surface area contributed by atoms with Crippen molar-refractivity contribution >= 4 is 38.6 Å². The fourth-order valence-electron chi connectivity index (χ4n) is 3.49. The molecule has 9 heteroatoms. The van der Waals surface area contributed by atoms with Crippen LogP contribution in [0.3, 0.4) is 0 Å². The van der Waals surface area contributed by atoms with Gasteiger partial charge in [0.15, 0.2) is 0 Å². The fraction of sp³-hybridized carbons (Fsp3) is 0.333. The molecule has 0 bridgehead atoms. The molecule has 4 rings (SSSR count). The summed E-state index contributed by atoms with van der Waals surface area (Å²) in [6.07, 6.45) is 1.74. The Morgan fingerprint density at radius 3 is 2.77 bits per heavy atom. The van der Waals surface area contributed by atoms with Crippen LogP contribution in [0.5, 0.6) is 0 Å². The number of hydrogen-bond acceptors (Lipinski definition) is 6. The number of carbonyl (C=O) groups excluding carboxylic acids is 1. The van der Waals surface area contributed by atoms with E-state index in [1.54, 1.807) is 45.9 Å². The zero-order valence-corrected chi connectivity index (χ0v) is 19.0. The first-order valence-corrected chi connectivity index (χ1v) is 13.0. The Bertz CT molecular complexity index is 1110. The van der Waals surface area contributed by atoms with Crippen LogP contribution in [-0.4, -0.2) is 43.8 Å². The van der Waals surface area contributed by atoms with Gasteiger partial charge >= 0.3 is 0 Å². The molecule has 3 aromatic rings. The number of benzene rings is 1. The largest absolute Gasteiger partial charge is 0.337 e. The summed E-state index contributed by atoms with van der Waals surface area (Å²) in [5, 5.41) is 4.65. The molecule has 1 N–H and O–H groups in total. The fourth-order valence-corrected chi connectivity index (χ4v) is 6.22. The number of hydrogen-bond donors (Lipinski definition) is 1. The van der Waals surface area contributed by atoms with Gasteiger partial charge in [-0.15, -0.1) is 22.7 Å². The first-order chi connectivity index (χ1) is 14.4. The predicted octanol–water partition coefficient (Wildman–Crippen LogP) is 4.01. The molecule has 0 aliphatic carbocycles. The van der Waals surface area contributed by atoms with E-state index in [-0.39, 0.29) is 16.7 Å². The van der Waals surface area contributed by atoms with Crippen molar-refractivity contribution in [3.63, 3.8) is 0 Å². The first-order valence-electron chi connectivity index (χ1n) is 9.77. The molecule has 1 amide bonds. The Morgan fingerprint density at radius 2 is 2.03 bits per heavy atom. The van der Waals surface area contributed by atoms with Crippen LogP contribution in [0.25, 0.3) is 9.88 Å². The number of carbonyl (C=O) groups is 1. The molecule has 1 aromatic carbocycles. The minimum atomic E-state index is -3.55. The monoisotopic (exact) mass is 461 g/mol. The SMILES string of the molecule is Cc1ccc(S(=O)(=O)NCC2CCCN(C(=O)c3csc(-c4cccs4)n3)C2)cc1. The van der Waals surface area contributed by atoms with Gasteiger partial charge in [-0.25, -0.2) is 18.1 Å². The van der Waals surface area contributed by atoms with Gasteiger partial charge in [-0.2, -0.15) is 0 Å². The number of amides is 1. The lowest BCUT2D eigenvalue weighted by molar-refractivity contribution is 0.0671. The van der Waals surface area contributed by atoms with E-state index >= 15 is 0 Å². The zero-order chi connectivity index (χ0) is 21.1. The van der Waals surface area contributed by atoms with Crippen LogP contribution in [0.2, 0.25) is 0 Å². The molecule has 1 atom stereocenters. The van der Waals surface area contributed by atoms with Gasteiger partial charge in [0.2, 0.25) is 10.0 Å². The van der Waals surface area contributed by atoms with Gasteiger partial charge in [0.1, 0.15) is 10.7 Å². The van der Waals surface area contributed by atoms with E-state index in [9.17, 15) is 13.2 Å². The summed E-state index contributed by atoms with van der Waals surface area (Å²) >= 11 is 3.08. The third-order valence-electron chi connectivity index (χ3n) is 5.15. The standard InChI is InChI=1S/C21H23N3O3S3/c1-15-6-8-17(9-7-15)30(26,27)22-12-16-4-2-10-24(13-16)21(25)18-14-29-20(23-18)19-5-3-11-28-19/h3,5-9,11,14,16,22H,2,4,10,12-13H2,1H3. The molecule has 0 radical (unpaired) electrons. The summed E-state index contributed by atoms with van der Waals surface area (Å²) in [4.78, 5) is 20.5. The Balaban J connectivity index is 1.37. The Labute approximate surface area is 184 Å². The number of likely N-dealkylation sites (tertiary alicyclic amines) is 1. The van der Waals surface area contributed by atoms with Crippen molar-refractivity contribution in [1.29, 1.82) is 0 Å². The summed E-state index contributed by atoms with van der Waals surface area (Å²) in [5.74, 6) is -0.00141. The minimum Gasteiger partial charge on any atom is -0.337 e. The van der Waals surface area contributed by atoms with Gasteiger partial charge in [0.25, 0.3) is 5.91 Å². The van der Waals surface area contributed by atoms with Gasteiger partial charge in [0.05, 0.1) is 9.77 Å². The number of piperidine rings is 1. The highest BCUT2D eigenvalue weighted by molar-refractivity contribution is 7.89. The highest BCUT2D eigenvalue weighted by Crippen LogP contribution is 2.28. The molecule has 1 saturated heterocycles. The molecular weight excluding hydrogens is 438 g/mol. The van der Waals surface area contributed by atoms with Gasteiger partial charge in [0, 0.05) is 25.0 Å². The average Bonchev–Trinajstić information content (AvgIpc) is 3.44. The summed E-state index contributed by atoms with van der Waals surface area (Å²) in [6, 6.07) is 10.8. The summed E-state index contributed by atoms with van der Waals surface area (Å²) in [7, 11) is -3.55. The van der Waals surface area contributed by atoms with Gasteiger partial charge in [-0.1, -0.05) is 23.8 Å². The molecule has 158 valence electrons. The van der Waals surface area contributed by atoms with Crippen LogP contribution >= 0.6 is 22.7 Å². The molecule has 6 nitrogen and oxygen atoms in total. The third kappa shape index (κ3) is 4.80. The smallest absolute Gasteiger partial charge is 0.273 e. The van der Waals surface area contributed by atoms with Crippen LogP contribution in [0.1, 0.15) is 28.9 Å². The third-order valence-corrected chi connectivity index (χ3v) is 8.48. The summed E-state index contributed by atoms with van der Waals surface area (Å²) < 4.78 is 27.8. The maximum Gasteiger partial charge on any atom is 0.273 e. The molecule has 2 aromatic heterocycles. The first kappa shape index (κ1) is 21.2. The molecule has 1 aliphatic rings. The maximum absolute atomic E-state index is 12.9. The molecule has 1 fully saturated rings. The number of aryl methyl sites for hydroxylation is 1. The molecule has 1 unspecified atom stereocenters. The lowest BCUT2D eigenvalue weighted by Crippen LogP contribution is -2.43. The lowest BCUT2D eigenvalue weighted by Gasteiger charge is -2.32. The Morgan fingerprint density at radius 1 is 1.23 bits per heavy atom. The molecule has 3 heterocycles. The van der Waals surface area contributed by atoms with E-state index in [2.05, 4.69) is 9.71 Å². The second kappa shape index (κ2) is 8.97. The average molecular weight is 462 g/mol. The van der Waals surface area contributed by atoms with Crippen molar-refractivity contribution in [3.8, 4) is 9.88 Å². The van der Waals surface area contributed by atoms with Crippen molar-refractivity contribution in [2.24, 2.45) is 5.92 Å². The van der Waals surface area contributed by atoms with Crippen molar-refractivity contribution < 1.29 is 13.2 Å². The van der Waals surface area contributed by atoms with E-state index in [0.29, 0.717) is 25.3 Å². The molecular formula is C21H23N3O3S3. The number of thiazole rings is 1. The van der Waals surface area contributed by atoms with E-state index in [4.69, 9.17) is 0 Å². The van der Waals surface area contributed by atoms with Crippen LogP contribution in [0, 0.1) is 12.8 Å². The van der Waals surface area contributed by atoms with Crippen molar-refractivity contribution in [2.75, 3.05) is 19.6 Å². The zero-order valence-electron chi connectivity index (χ0n) is 16.6. The topological polar surface area (TPSA) is 79.4 Å². The number of sulfonamides is 1. The van der Waals surface area contributed by atoms with Crippen LogP contribution in [0.4, 0.5) is 0 Å². The Hall–Kier alpha value is -2.07. The lowest BCUT2D eigenvalue weighted by atomic mass is 9.98. The van der Waals surface area contributed by atoms with Crippen molar-refractivity contribution in [1.82, 2.24) is 14.6 Å². The number of rotatable bonds is 6. The van der Waals surface area contributed by atoms with E-state index in [1.165, 1.54) is 11.3 Å². The molecule has 0 saturated carbocycles. The summed E-state index contributed by atoms with van der Waals surface area (Å²) in [5.41, 5.74) is 1.48. The van der Waals surface area contributed by atoms with Gasteiger partial charge < -0.3 is 4.90 Å². The van der Waals surface area contributed by atoms with Gasteiger partial charge in [-0.05, 0) is 49.3 Å². The second-order valence-corrected chi connectivity index (χ2v) is 11.0. The number of thiophene rings is 1. The van der Waals surface area contributed by atoms with Crippen molar-refractivity contribution in [2.45, 2.75) is 24.7 Å². The number of nitrogens with one attached hydrogen (secondary N) is 1. The highest BCUT2D eigenvalue weighted by Gasteiger charge is 2.27. The van der Waals surface area contributed by atoms with Crippen LogP contribution < -0.4 is 4.72 Å². The predicted molar refractivity (Wildman–Crippen MR) is 120 cm³/mol. The highest BCUT2D eigenvalue weighted by atomic mass is 32.2. The quantitative estimate of drug-likeness (QED) is 0.602. The number of aromatic nitrogens is 1. The summed E-state index contributed by atoms with van der Waals surface area (Å²) in [6.45, 7) is 3.44. The van der Waals surface area contributed by atoms with Gasteiger partial charge in [-0.3, -0.25) is 4.79 Å². The molecule has 1 aliphatic heterocycles. The molecule has 30 heavy (non-hydrogen) atoms. The maximum atomic E-state index is 12.9. The van der Waals surface area contributed by atoms with E-state index in [0.717, 1.165) is 28.3 Å². The van der Waals surface area contributed by atoms with E-state index < -0.39 is 10.0 Å². The van der Waals surface area contributed by atoms with Crippen molar-refractivity contribution in [3.05, 3.63) is 58.4 Å². The normalized spacial score (nSPS) is 17.2. The molecule has 0 spiro atoms. The van der Waals surface area contributed by atoms with Crippen LogP contribution in [-0.2, 0) is 10.0 Å². The second-order valence-electron chi connectivity index (χ2n) is 7.44. The van der Waals surface area contributed by atoms with Crippen LogP contribution in [0.15, 0.2) is 52.1 Å².